The van der Waals surface area contributed by atoms with Crippen LogP contribution in [0.4, 0.5) is 0 Å². The van der Waals surface area contributed by atoms with E-state index in [-0.39, 0.29) is 18.6 Å². The van der Waals surface area contributed by atoms with Crippen molar-refractivity contribution < 1.29 is 9.90 Å². The van der Waals surface area contributed by atoms with Crippen molar-refractivity contribution in [3.05, 3.63) is 34.4 Å². The lowest BCUT2D eigenvalue weighted by Gasteiger charge is -2.38. The first-order chi connectivity index (χ1) is 9.67. The van der Waals surface area contributed by atoms with E-state index in [9.17, 15) is 9.90 Å². The first-order valence-electron chi connectivity index (χ1n) is 7.43. The van der Waals surface area contributed by atoms with Gasteiger partial charge in [0.15, 0.2) is 0 Å². The molecule has 2 aliphatic heterocycles. The van der Waals surface area contributed by atoms with E-state index in [1.54, 1.807) is 0 Å². The maximum atomic E-state index is 12.8. The smallest absolute Gasteiger partial charge is 0.254 e. The number of fused-ring (bicyclic) bond motifs is 3. The van der Waals surface area contributed by atoms with E-state index in [4.69, 9.17) is 0 Å². The SMILES string of the molecule is CCc1cc(C)c2c(c1)C1CNCC1N(CCO)C2=O. The van der Waals surface area contributed by atoms with E-state index in [0.29, 0.717) is 12.5 Å². The maximum absolute atomic E-state index is 12.8. The highest BCUT2D eigenvalue weighted by Crippen LogP contribution is 2.37. The van der Waals surface area contributed by atoms with Gasteiger partial charge in [0.1, 0.15) is 0 Å². The second-order valence-electron chi connectivity index (χ2n) is 5.78. The average Bonchev–Trinajstić information content (AvgIpc) is 2.92. The topological polar surface area (TPSA) is 52.6 Å². The van der Waals surface area contributed by atoms with Gasteiger partial charge in [-0.2, -0.15) is 0 Å². The fourth-order valence-electron chi connectivity index (χ4n) is 3.66. The first kappa shape index (κ1) is 13.6. The van der Waals surface area contributed by atoms with Gasteiger partial charge in [-0.3, -0.25) is 4.79 Å². The summed E-state index contributed by atoms with van der Waals surface area (Å²) in [5, 5.41) is 12.6. The summed E-state index contributed by atoms with van der Waals surface area (Å²) in [5.74, 6) is 0.443. The van der Waals surface area contributed by atoms with Crippen LogP contribution in [0.3, 0.4) is 0 Å². The van der Waals surface area contributed by atoms with E-state index in [2.05, 4.69) is 24.4 Å². The molecule has 4 nitrogen and oxygen atoms in total. The number of nitrogens with one attached hydrogen (secondary N) is 1. The number of β-amino-alcohol motifs (C(OH)–C–C–N with tert-alkyl or cyclic N) is 1. The molecule has 20 heavy (non-hydrogen) atoms. The van der Waals surface area contributed by atoms with Crippen molar-refractivity contribution in [2.45, 2.75) is 32.2 Å². The Morgan fingerprint density at radius 3 is 2.90 bits per heavy atom. The lowest BCUT2D eigenvalue weighted by Crippen LogP contribution is -2.49. The number of rotatable bonds is 3. The zero-order chi connectivity index (χ0) is 14.3. The van der Waals surface area contributed by atoms with E-state index < -0.39 is 0 Å². The Bertz CT molecular complexity index is 542. The van der Waals surface area contributed by atoms with E-state index in [1.165, 1.54) is 11.1 Å². The number of benzene rings is 1. The molecular formula is C16H22N2O2. The summed E-state index contributed by atoms with van der Waals surface area (Å²) in [6, 6.07) is 4.52. The van der Waals surface area contributed by atoms with Gasteiger partial charge in [-0.25, -0.2) is 0 Å². The molecule has 108 valence electrons. The van der Waals surface area contributed by atoms with Crippen molar-refractivity contribution in [3.8, 4) is 0 Å². The summed E-state index contributed by atoms with van der Waals surface area (Å²) in [5.41, 5.74) is 4.43. The third-order valence-electron chi connectivity index (χ3n) is 4.63. The molecule has 0 saturated carbocycles. The Morgan fingerprint density at radius 2 is 2.20 bits per heavy atom. The van der Waals surface area contributed by atoms with Crippen LogP contribution in [0.2, 0.25) is 0 Å². The number of aliphatic hydroxyl groups is 1. The van der Waals surface area contributed by atoms with Gasteiger partial charge >= 0.3 is 0 Å². The summed E-state index contributed by atoms with van der Waals surface area (Å²) >= 11 is 0. The van der Waals surface area contributed by atoms with E-state index in [1.807, 2.05) is 11.8 Å². The monoisotopic (exact) mass is 274 g/mol. The standard InChI is InChI=1S/C16H22N2O2/c1-3-11-6-10(2)15-12(7-11)13-8-17-9-14(13)18(4-5-19)16(15)20/h6-7,13-14,17,19H,3-5,8-9H2,1-2H3. The van der Waals surface area contributed by atoms with Crippen molar-refractivity contribution in [2.75, 3.05) is 26.2 Å². The largest absolute Gasteiger partial charge is 0.395 e. The lowest BCUT2D eigenvalue weighted by molar-refractivity contribution is 0.0602. The molecule has 1 aromatic carbocycles. The quantitative estimate of drug-likeness (QED) is 0.866. The van der Waals surface area contributed by atoms with E-state index >= 15 is 0 Å². The molecule has 4 heteroatoms. The van der Waals surface area contributed by atoms with Crippen LogP contribution in [-0.2, 0) is 6.42 Å². The molecule has 2 atom stereocenters. The van der Waals surface area contributed by atoms with Crippen molar-refractivity contribution >= 4 is 5.91 Å². The van der Waals surface area contributed by atoms with Gasteiger partial charge in [0.05, 0.1) is 12.6 Å². The van der Waals surface area contributed by atoms with Crippen molar-refractivity contribution in [1.82, 2.24) is 10.2 Å². The number of aryl methyl sites for hydroxylation is 2. The van der Waals surface area contributed by atoms with E-state index in [0.717, 1.165) is 30.6 Å². The molecule has 1 aromatic rings. The Kier molecular flexibility index (Phi) is 3.52. The van der Waals surface area contributed by atoms with Crippen LogP contribution in [0.15, 0.2) is 12.1 Å². The molecule has 2 aliphatic rings. The minimum atomic E-state index is 0.0242. The van der Waals surface area contributed by atoms with Gasteiger partial charge in [-0.15, -0.1) is 0 Å². The highest BCUT2D eigenvalue weighted by Gasteiger charge is 2.42. The van der Waals surface area contributed by atoms with Gasteiger partial charge in [0.25, 0.3) is 5.91 Å². The second kappa shape index (κ2) is 5.19. The van der Waals surface area contributed by atoms with Gasteiger partial charge in [0, 0.05) is 31.1 Å². The third-order valence-corrected chi connectivity index (χ3v) is 4.63. The van der Waals surface area contributed by atoms with Gasteiger partial charge in [-0.05, 0) is 30.0 Å². The van der Waals surface area contributed by atoms with Gasteiger partial charge in [0.2, 0.25) is 0 Å². The normalized spacial score (nSPS) is 24.8. The summed E-state index contributed by atoms with van der Waals surface area (Å²) in [6.07, 6.45) is 0.994. The summed E-state index contributed by atoms with van der Waals surface area (Å²) in [4.78, 5) is 14.6. The van der Waals surface area contributed by atoms with Crippen LogP contribution in [0.1, 0.15) is 39.9 Å². The van der Waals surface area contributed by atoms with Crippen LogP contribution < -0.4 is 5.32 Å². The maximum Gasteiger partial charge on any atom is 0.254 e. The number of carbonyl (C=O) groups excluding carboxylic acids is 1. The molecule has 0 aromatic heterocycles. The number of carbonyl (C=O) groups is 1. The molecule has 0 bridgehead atoms. The number of hydrogen-bond donors (Lipinski definition) is 2. The molecule has 1 saturated heterocycles. The summed E-state index contributed by atoms with van der Waals surface area (Å²) in [7, 11) is 0. The molecule has 0 aliphatic carbocycles. The van der Waals surface area contributed by atoms with Crippen molar-refractivity contribution in [1.29, 1.82) is 0 Å². The number of aliphatic hydroxyl groups excluding tert-OH is 1. The molecule has 2 N–H and O–H groups in total. The van der Waals surface area contributed by atoms with Crippen molar-refractivity contribution in [3.63, 3.8) is 0 Å². The molecule has 0 radical (unpaired) electrons. The minimum absolute atomic E-state index is 0.0242. The Hall–Kier alpha value is -1.39. The minimum Gasteiger partial charge on any atom is -0.395 e. The third kappa shape index (κ3) is 1.95. The Balaban J connectivity index is 2.13. The first-order valence-corrected chi connectivity index (χ1v) is 7.43. The van der Waals surface area contributed by atoms with Gasteiger partial charge < -0.3 is 15.3 Å². The zero-order valence-corrected chi connectivity index (χ0v) is 12.1. The fraction of sp³-hybridized carbons (Fsp3) is 0.562. The summed E-state index contributed by atoms with van der Waals surface area (Å²) < 4.78 is 0. The number of hydrogen-bond acceptors (Lipinski definition) is 3. The van der Waals surface area contributed by atoms with Crippen molar-refractivity contribution in [2.24, 2.45) is 0 Å². The average molecular weight is 274 g/mol. The highest BCUT2D eigenvalue weighted by molar-refractivity contribution is 5.99. The van der Waals surface area contributed by atoms with Crippen LogP contribution in [0.5, 0.6) is 0 Å². The molecule has 0 spiro atoms. The van der Waals surface area contributed by atoms with Gasteiger partial charge in [-0.1, -0.05) is 19.1 Å². The Morgan fingerprint density at radius 1 is 1.40 bits per heavy atom. The molecule has 3 rings (SSSR count). The fourth-order valence-corrected chi connectivity index (χ4v) is 3.66. The molecule has 1 fully saturated rings. The molecular weight excluding hydrogens is 252 g/mol. The predicted molar refractivity (Wildman–Crippen MR) is 78.1 cm³/mol. The molecule has 1 amide bonds. The highest BCUT2D eigenvalue weighted by atomic mass is 16.3. The van der Waals surface area contributed by atoms with Crippen LogP contribution in [0.25, 0.3) is 0 Å². The Labute approximate surface area is 119 Å². The van der Waals surface area contributed by atoms with Crippen LogP contribution in [-0.4, -0.2) is 48.2 Å². The number of amides is 1. The number of nitrogens with zero attached hydrogens (tertiary/aromatic N) is 1. The molecule has 2 heterocycles. The van der Waals surface area contributed by atoms with Crippen LogP contribution in [0, 0.1) is 6.92 Å². The summed E-state index contributed by atoms with van der Waals surface area (Å²) in [6.45, 7) is 6.36. The zero-order valence-electron chi connectivity index (χ0n) is 12.1. The lowest BCUT2D eigenvalue weighted by atomic mass is 9.81. The second-order valence-corrected chi connectivity index (χ2v) is 5.78. The molecule has 2 unspecified atom stereocenters. The predicted octanol–water partition coefficient (Wildman–Crippen LogP) is 1.06. The van der Waals surface area contributed by atoms with Crippen LogP contribution >= 0.6 is 0 Å².